The molecule has 0 saturated carbocycles. The van der Waals surface area contributed by atoms with Crippen LogP contribution in [0, 0.1) is 0 Å². The minimum Gasteiger partial charge on any atom is -0.438 e. The van der Waals surface area contributed by atoms with Gasteiger partial charge in [-0.2, -0.15) is 11.3 Å². The van der Waals surface area contributed by atoms with Crippen LogP contribution in [-0.4, -0.2) is 26.0 Å². The quantitative estimate of drug-likeness (QED) is 0.190. The van der Waals surface area contributed by atoms with Gasteiger partial charge in [-0.25, -0.2) is 4.98 Å². The van der Waals surface area contributed by atoms with E-state index in [1.54, 1.807) is 48.7 Å². The summed E-state index contributed by atoms with van der Waals surface area (Å²) in [5.74, 6) is -0.842. The van der Waals surface area contributed by atoms with E-state index in [1.807, 2.05) is 47.2 Å². The molecule has 0 radical (unpaired) electrons. The van der Waals surface area contributed by atoms with Crippen LogP contribution < -0.4 is 4.74 Å². The Balaban J connectivity index is 1.44. The second-order valence-corrected chi connectivity index (χ2v) is 10.5. The summed E-state index contributed by atoms with van der Waals surface area (Å²) in [5, 5.41) is 5.01. The Morgan fingerprint density at radius 2 is 1.84 bits per heavy atom. The molecule has 0 spiro atoms. The van der Waals surface area contributed by atoms with Crippen molar-refractivity contribution in [3.05, 3.63) is 118 Å². The van der Waals surface area contributed by atoms with E-state index in [4.69, 9.17) is 34.1 Å². The Morgan fingerprint density at radius 3 is 2.66 bits per heavy atom. The Bertz CT molecular complexity index is 1670. The van der Waals surface area contributed by atoms with Crippen LogP contribution in [0.3, 0.4) is 0 Å². The third-order valence-corrected chi connectivity index (χ3v) is 8.32. The highest BCUT2D eigenvalue weighted by atomic mass is 35.5. The second-order valence-electron chi connectivity index (χ2n) is 8.91. The van der Waals surface area contributed by atoms with Crippen LogP contribution in [0.2, 0.25) is 5.02 Å². The Labute approximate surface area is 233 Å². The van der Waals surface area contributed by atoms with Crippen molar-refractivity contribution < 1.29 is 14.3 Å². The summed E-state index contributed by atoms with van der Waals surface area (Å²) in [6.07, 6.45) is 1.70. The first-order valence-corrected chi connectivity index (χ1v) is 13.5. The number of thiol groups is 1. The van der Waals surface area contributed by atoms with Gasteiger partial charge in [0.15, 0.2) is 5.78 Å². The molecule has 188 valence electrons. The number of hydrogen-bond donors (Lipinski definition) is 1. The van der Waals surface area contributed by atoms with Gasteiger partial charge in [0.25, 0.3) is 0 Å². The van der Waals surface area contributed by atoms with Crippen LogP contribution >= 0.6 is 35.8 Å². The van der Waals surface area contributed by atoms with E-state index in [9.17, 15) is 9.59 Å². The number of halogens is 1. The van der Waals surface area contributed by atoms with Crippen LogP contribution in [0.5, 0.6) is 11.6 Å². The van der Waals surface area contributed by atoms with Crippen molar-refractivity contribution in [2.45, 2.75) is 17.9 Å². The van der Waals surface area contributed by atoms with Gasteiger partial charge in [-0.05, 0) is 64.4 Å². The van der Waals surface area contributed by atoms with Crippen molar-refractivity contribution in [3.63, 3.8) is 0 Å². The molecule has 6 nitrogen and oxygen atoms in total. The van der Waals surface area contributed by atoms with Crippen molar-refractivity contribution in [3.8, 4) is 11.6 Å². The molecule has 6 rings (SSSR count). The number of benzene rings is 2. The number of ketones is 1. The number of hydrogen-bond acceptors (Lipinski definition) is 7. The fourth-order valence-electron chi connectivity index (χ4n) is 4.94. The monoisotopic (exact) mass is 557 g/mol. The summed E-state index contributed by atoms with van der Waals surface area (Å²) >= 11 is 12.6. The number of amides is 1. The highest BCUT2D eigenvalue weighted by Gasteiger charge is 2.53. The second kappa shape index (κ2) is 9.87. The van der Waals surface area contributed by atoms with E-state index in [1.165, 1.54) is 15.6 Å². The topological polar surface area (TPSA) is 72.4 Å². The third-order valence-electron chi connectivity index (χ3n) is 6.75. The van der Waals surface area contributed by atoms with Gasteiger partial charge in [-0.3, -0.25) is 18.9 Å². The number of fused-ring (bicyclic) bond motifs is 1. The molecule has 2 atom stereocenters. The largest absolute Gasteiger partial charge is 0.438 e. The van der Waals surface area contributed by atoms with Gasteiger partial charge in [0.05, 0.1) is 11.2 Å². The summed E-state index contributed by atoms with van der Waals surface area (Å²) in [4.78, 5) is 36.7. The lowest BCUT2D eigenvalue weighted by molar-refractivity contribution is -0.142. The fraction of sp³-hybridized carbons (Fsp3) is 0.103. The number of pyridine rings is 2. The first-order chi connectivity index (χ1) is 18.5. The zero-order chi connectivity index (χ0) is 26.3. The summed E-state index contributed by atoms with van der Waals surface area (Å²) < 4.78 is 7.53. The third kappa shape index (κ3) is 4.05. The molecule has 1 amide bonds. The Kier molecular flexibility index (Phi) is 6.39. The molecule has 3 aromatic heterocycles. The van der Waals surface area contributed by atoms with Crippen LogP contribution in [-0.2, 0) is 15.1 Å². The van der Waals surface area contributed by atoms with Crippen molar-refractivity contribution in [1.29, 1.82) is 0 Å². The maximum atomic E-state index is 13.8. The smallest absolute Gasteiger partial charge is 0.248 e. The van der Waals surface area contributed by atoms with Crippen molar-refractivity contribution in [1.82, 2.24) is 14.3 Å². The SMILES string of the molecule is O=C1CC(c2ccsc2)(c2cccc(Oc3cccc4ncccc34)n2)N(S)C(=O)C1c1ccccc1Cl. The summed E-state index contributed by atoms with van der Waals surface area (Å²) in [5.41, 5.74) is 1.26. The zero-order valence-electron chi connectivity index (χ0n) is 19.8. The molecule has 5 aromatic rings. The average Bonchev–Trinajstić information content (AvgIpc) is 3.48. The van der Waals surface area contributed by atoms with E-state index >= 15 is 0 Å². The number of nitrogens with zero attached hydrogens (tertiary/aromatic N) is 3. The van der Waals surface area contributed by atoms with Crippen LogP contribution in [0.1, 0.15) is 29.2 Å². The molecule has 4 heterocycles. The Hall–Kier alpha value is -3.72. The maximum absolute atomic E-state index is 13.8. The molecular formula is C29H20ClN3O3S2. The van der Waals surface area contributed by atoms with Crippen molar-refractivity contribution >= 4 is 58.3 Å². The lowest BCUT2D eigenvalue weighted by atomic mass is 9.75. The number of piperidine rings is 1. The minimum absolute atomic E-state index is 0.0243. The van der Waals surface area contributed by atoms with Crippen LogP contribution in [0.15, 0.2) is 95.8 Å². The highest BCUT2D eigenvalue weighted by Crippen LogP contribution is 2.48. The molecule has 0 bridgehead atoms. The van der Waals surface area contributed by atoms with Gasteiger partial charge in [0, 0.05) is 29.1 Å². The number of rotatable bonds is 5. The molecule has 1 fully saturated rings. The zero-order valence-corrected chi connectivity index (χ0v) is 22.3. The van der Waals surface area contributed by atoms with E-state index in [0.29, 0.717) is 27.9 Å². The lowest BCUT2D eigenvalue weighted by Gasteiger charge is -2.45. The summed E-state index contributed by atoms with van der Waals surface area (Å²) in [7, 11) is 0. The van der Waals surface area contributed by atoms with Crippen molar-refractivity contribution in [2.75, 3.05) is 0 Å². The van der Waals surface area contributed by atoms with E-state index < -0.39 is 17.4 Å². The number of aromatic nitrogens is 2. The molecule has 2 aromatic carbocycles. The Morgan fingerprint density at radius 1 is 1.00 bits per heavy atom. The van der Waals surface area contributed by atoms with Gasteiger partial charge in [0.2, 0.25) is 11.8 Å². The fourth-order valence-corrected chi connectivity index (χ4v) is 6.32. The van der Waals surface area contributed by atoms with Gasteiger partial charge in [-0.15, -0.1) is 0 Å². The maximum Gasteiger partial charge on any atom is 0.248 e. The number of ether oxygens (including phenoxy) is 1. The van der Waals surface area contributed by atoms with Gasteiger partial charge in [0.1, 0.15) is 17.2 Å². The predicted octanol–water partition coefficient (Wildman–Crippen LogP) is 6.81. The molecule has 2 unspecified atom stereocenters. The molecular weight excluding hydrogens is 538 g/mol. The van der Waals surface area contributed by atoms with Crippen molar-refractivity contribution in [2.24, 2.45) is 0 Å². The van der Waals surface area contributed by atoms with Gasteiger partial charge < -0.3 is 4.74 Å². The summed E-state index contributed by atoms with van der Waals surface area (Å²) in [6, 6.07) is 23.5. The average molecular weight is 558 g/mol. The molecule has 0 N–H and O–H groups in total. The molecule has 9 heteroatoms. The molecule has 1 saturated heterocycles. The number of carbonyl (C=O) groups excluding carboxylic acids is 2. The normalized spacial score (nSPS) is 19.6. The number of Topliss-reactive ketones (excluding diaryl/α,β-unsaturated/α-hetero) is 1. The molecule has 1 aliphatic heterocycles. The minimum atomic E-state index is -1.23. The first kappa shape index (κ1) is 24.6. The van der Waals surface area contributed by atoms with E-state index in [-0.39, 0.29) is 12.2 Å². The van der Waals surface area contributed by atoms with Crippen LogP contribution in [0.25, 0.3) is 10.9 Å². The molecule has 38 heavy (non-hydrogen) atoms. The van der Waals surface area contributed by atoms with Gasteiger partial charge >= 0.3 is 0 Å². The van der Waals surface area contributed by atoms with E-state index in [0.717, 1.165) is 16.5 Å². The standard InChI is InChI=1S/C29H20ClN3O3S2/c30-21-8-2-1-6-19(21)27-23(34)16-29(33(37)28(27)35,18-13-15-38-17-18)25-11-4-12-26(32-25)36-24-10-3-9-22-20(24)7-5-14-31-22/h1-15,17,27,37H,16H2. The number of carbonyl (C=O) groups is 2. The van der Waals surface area contributed by atoms with Crippen LogP contribution in [0.4, 0.5) is 0 Å². The lowest BCUT2D eigenvalue weighted by Crippen LogP contribution is -2.54. The molecule has 0 aliphatic carbocycles. The summed E-state index contributed by atoms with van der Waals surface area (Å²) in [6.45, 7) is 0. The van der Waals surface area contributed by atoms with Gasteiger partial charge in [-0.1, -0.05) is 54.7 Å². The highest BCUT2D eigenvalue weighted by molar-refractivity contribution is 7.78. The van der Waals surface area contributed by atoms with E-state index in [2.05, 4.69) is 4.98 Å². The first-order valence-electron chi connectivity index (χ1n) is 11.8. The number of thiophene rings is 1. The molecule has 1 aliphatic rings. The predicted molar refractivity (Wildman–Crippen MR) is 151 cm³/mol.